The lowest BCUT2D eigenvalue weighted by atomic mass is 10.1. The Morgan fingerprint density at radius 1 is 1.05 bits per heavy atom. The number of rotatable bonds is 2. The predicted octanol–water partition coefficient (Wildman–Crippen LogP) is 5.25. The molecule has 124 valence electrons. The predicted molar refractivity (Wildman–Crippen MR) is 63.5 cm³/mol. The van der Waals surface area contributed by atoms with Crippen molar-refractivity contribution in [3.63, 3.8) is 0 Å². The summed E-state index contributed by atoms with van der Waals surface area (Å²) in [5, 5.41) is 7.47. The summed E-state index contributed by atoms with van der Waals surface area (Å²) in [5.74, 6) is -7.74. The van der Waals surface area contributed by atoms with Gasteiger partial charge < -0.3 is 5.32 Å². The second kappa shape index (κ2) is 5.56. The minimum atomic E-state index is -6.02. The van der Waals surface area contributed by atoms with Crippen molar-refractivity contribution in [1.82, 2.24) is 0 Å². The summed E-state index contributed by atoms with van der Waals surface area (Å²) in [6.45, 7) is 1.02. The molecule has 2 nitrogen and oxygen atoms in total. The molecule has 0 aliphatic heterocycles. The summed E-state index contributed by atoms with van der Waals surface area (Å²) in [4.78, 5) is 0. The minimum Gasteiger partial charge on any atom is -0.337 e. The van der Waals surface area contributed by atoms with E-state index in [0.29, 0.717) is 12.1 Å². The summed E-state index contributed by atoms with van der Waals surface area (Å²) >= 11 is 5.46. The van der Waals surface area contributed by atoms with E-state index in [0.717, 1.165) is 6.92 Å². The lowest BCUT2D eigenvalue weighted by Crippen LogP contribution is -2.47. The Morgan fingerprint density at radius 3 is 1.91 bits per heavy atom. The van der Waals surface area contributed by atoms with E-state index in [4.69, 9.17) is 17.0 Å². The smallest absolute Gasteiger partial charge is 0.337 e. The van der Waals surface area contributed by atoms with E-state index in [9.17, 15) is 35.1 Å². The number of halogens is 9. The molecule has 0 aliphatic rings. The maximum Gasteiger partial charge on any atom is 0.461 e. The first-order valence-corrected chi connectivity index (χ1v) is 5.73. The van der Waals surface area contributed by atoms with Crippen molar-refractivity contribution in [2.45, 2.75) is 25.2 Å². The molecule has 1 rings (SSSR count). The molecule has 0 spiro atoms. The van der Waals surface area contributed by atoms with Crippen molar-refractivity contribution in [2.24, 2.45) is 0 Å². The van der Waals surface area contributed by atoms with E-state index < -0.39 is 40.4 Å². The van der Waals surface area contributed by atoms with Crippen LogP contribution in [0, 0.1) is 12.3 Å². The molecule has 1 aromatic carbocycles. The molecule has 22 heavy (non-hydrogen) atoms. The second-order valence-corrected chi connectivity index (χ2v) is 4.63. The number of nitrogens with one attached hydrogen (secondary N) is 2. The molecule has 0 aromatic heterocycles. The molecular weight excluding hydrogens is 348 g/mol. The topological polar surface area (TPSA) is 35.9 Å². The molecule has 0 aliphatic carbocycles. The zero-order valence-corrected chi connectivity index (χ0v) is 11.3. The Bertz CT molecular complexity index is 568. The molecular formula is C11H7ClF8N2. The highest BCUT2D eigenvalue weighted by atomic mass is 35.5. The number of amidine groups is 1. The fraction of sp³-hybridized carbons (Fsp3) is 0.364. The average Bonchev–Trinajstić information content (AvgIpc) is 2.30. The molecule has 1 aromatic rings. The monoisotopic (exact) mass is 354 g/mol. The third-order valence-electron chi connectivity index (χ3n) is 2.53. The molecule has 0 atom stereocenters. The highest BCUT2D eigenvalue weighted by Crippen LogP contribution is 2.39. The Morgan fingerprint density at radius 2 is 1.55 bits per heavy atom. The van der Waals surface area contributed by atoms with Crippen LogP contribution in [0.1, 0.15) is 11.1 Å². The van der Waals surface area contributed by atoms with Crippen LogP contribution >= 0.6 is 11.6 Å². The van der Waals surface area contributed by atoms with Crippen LogP contribution < -0.4 is 5.32 Å². The van der Waals surface area contributed by atoms with E-state index in [-0.39, 0.29) is 5.56 Å². The SMILES string of the molecule is Cc1cc(C(F)(F)F)cc(Cl)c1NC(=N)C(F)(F)C(F)(F)F. The number of anilines is 1. The van der Waals surface area contributed by atoms with Gasteiger partial charge in [0.1, 0.15) is 0 Å². The zero-order valence-electron chi connectivity index (χ0n) is 10.6. The first kappa shape index (κ1) is 18.5. The van der Waals surface area contributed by atoms with Crippen LogP contribution in [-0.4, -0.2) is 17.9 Å². The van der Waals surface area contributed by atoms with Gasteiger partial charge in [-0.2, -0.15) is 35.1 Å². The van der Waals surface area contributed by atoms with Gasteiger partial charge in [0.2, 0.25) is 0 Å². The first-order valence-electron chi connectivity index (χ1n) is 5.36. The quantitative estimate of drug-likeness (QED) is 0.424. The van der Waals surface area contributed by atoms with Gasteiger partial charge in [-0.3, -0.25) is 5.41 Å². The molecule has 0 heterocycles. The number of aryl methyl sites for hydroxylation is 1. The lowest BCUT2D eigenvalue weighted by molar-refractivity contribution is -0.249. The molecule has 0 bridgehead atoms. The van der Waals surface area contributed by atoms with Crippen molar-refractivity contribution in [3.8, 4) is 0 Å². The lowest BCUT2D eigenvalue weighted by Gasteiger charge is -2.22. The number of hydrogen-bond acceptors (Lipinski definition) is 1. The fourth-order valence-electron chi connectivity index (χ4n) is 1.41. The number of hydrogen-bond donors (Lipinski definition) is 2. The molecule has 0 radical (unpaired) electrons. The van der Waals surface area contributed by atoms with Gasteiger partial charge in [0, 0.05) is 0 Å². The van der Waals surface area contributed by atoms with Gasteiger partial charge in [-0.15, -0.1) is 0 Å². The van der Waals surface area contributed by atoms with Gasteiger partial charge in [0.25, 0.3) is 0 Å². The van der Waals surface area contributed by atoms with E-state index in [1.54, 1.807) is 0 Å². The largest absolute Gasteiger partial charge is 0.461 e. The maximum absolute atomic E-state index is 12.9. The molecule has 0 amide bonds. The van der Waals surface area contributed by atoms with E-state index in [1.807, 2.05) is 0 Å². The van der Waals surface area contributed by atoms with Crippen molar-refractivity contribution in [2.75, 3.05) is 5.32 Å². The Kier molecular flexibility index (Phi) is 4.67. The van der Waals surface area contributed by atoms with Crippen LogP contribution in [0.2, 0.25) is 5.02 Å². The van der Waals surface area contributed by atoms with Gasteiger partial charge in [0.05, 0.1) is 16.3 Å². The summed E-state index contributed by atoms with van der Waals surface area (Å²) < 4.78 is 99.6. The van der Waals surface area contributed by atoms with E-state index in [2.05, 4.69) is 0 Å². The van der Waals surface area contributed by atoms with Crippen molar-refractivity contribution in [1.29, 1.82) is 5.41 Å². The van der Waals surface area contributed by atoms with Crippen LogP contribution in [0.3, 0.4) is 0 Å². The summed E-state index contributed by atoms with van der Waals surface area (Å²) in [6, 6.07) is 0.864. The Hall–Kier alpha value is -1.58. The van der Waals surface area contributed by atoms with Gasteiger partial charge in [0.15, 0.2) is 5.84 Å². The average molecular weight is 355 g/mol. The third kappa shape index (κ3) is 3.60. The second-order valence-electron chi connectivity index (χ2n) is 4.22. The van der Waals surface area contributed by atoms with Crippen molar-refractivity contribution >= 4 is 23.1 Å². The summed E-state index contributed by atoms with van der Waals surface area (Å²) in [5.41, 5.74) is -2.18. The maximum atomic E-state index is 12.9. The summed E-state index contributed by atoms with van der Waals surface area (Å²) in [7, 11) is 0. The van der Waals surface area contributed by atoms with Crippen molar-refractivity contribution < 1.29 is 35.1 Å². The van der Waals surface area contributed by atoms with Crippen LogP contribution in [0.5, 0.6) is 0 Å². The number of benzene rings is 1. The number of alkyl halides is 8. The minimum absolute atomic E-state index is 0.345. The normalized spacial score (nSPS) is 13.2. The van der Waals surface area contributed by atoms with Crippen LogP contribution in [0.25, 0.3) is 0 Å². The molecule has 0 fully saturated rings. The van der Waals surface area contributed by atoms with Crippen LogP contribution in [-0.2, 0) is 6.18 Å². The molecule has 0 saturated heterocycles. The Labute approximate surface area is 123 Å². The first-order chi connectivity index (χ1) is 9.68. The van der Waals surface area contributed by atoms with Crippen LogP contribution in [0.15, 0.2) is 12.1 Å². The zero-order chi connectivity index (χ0) is 17.5. The van der Waals surface area contributed by atoms with Gasteiger partial charge in [-0.25, -0.2) is 0 Å². The molecule has 2 N–H and O–H groups in total. The van der Waals surface area contributed by atoms with Gasteiger partial charge >= 0.3 is 18.3 Å². The molecule has 11 heteroatoms. The van der Waals surface area contributed by atoms with Gasteiger partial charge in [-0.1, -0.05) is 11.6 Å². The molecule has 0 unspecified atom stereocenters. The molecule has 0 saturated carbocycles. The van der Waals surface area contributed by atoms with E-state index >= 15 is 0 Å². The Balaban J connectivity index is 3.18. The highest BCUT2D eigenvalue weighted by molar-refractivity contribution is 6.34. The third-order valence-corrected chi connectivity index (χ3v) is 2.83. The van der Waals surface area contributed by atoms with Crippen LogP contribution in [0.4, 0.5) is 40.8 Å². The highest BCUT2D eigenvalue weighted by Gasteiger charge is 2.61. The van der Waals surface area contributed by atoms with Crippen molar-refractivity contribution in [3.05, 3.63) is 28.3 Å². The standard InChI is InChI=1S/C11H7ClF8N2/c1-4-2-5(10(15,16)17)3-6(12)7(4)22-8(21)9(13,14)11(18,19)20/h2-3H,1H3,(H2,21,22). The van der Waals surface area contributed by atoms with Gasteiger partial charge in [-0.05, 0) is 24.6 Å². The van der Waals surface area contributed by atoms with E-state index in [1.165, 1.54) is 5.32 Å². The fourth-order valence-corrected chi connectivity index (χ4v) is 1.73. The summed E-state index contributed by atoms with van der Waals surface area (Å²) in [6.07, 6.45) is -10.8.